The maximum Gasteiger partial charge on any atom is 0.161 e. The van der Waals surface area contributed by atoms with Crippen molar-refractivity contribution >= 4 is 0 Å². The van der Waals surface area contributed by atoms with Crippen LogP contribution in [0.2, 0.25) is 0 Å². The van der Waals surface area contributed by atoms with E-state index in [4.69, 9.17) is 14.2 Å². The van der Waals surface area contributed by atoms with Gasteiger partial charge in [0.05, 0.1) is 14.2 Å². The van der Waals surface area contributed by atoms with Gasteiger partial charge in [-0.1, -0.05) is 23.8 Å². The van der Waals surface area contributed by atoms with Gasteiger partial charge in [0.2, 0.25) is 0 Å². The second-order valence-electron chi connectivity index (χ2n) is 4.29. The molecule has 0 unspecified atom stereocenters. The molecule has 0 bridgehead atoms. The molecule has 100 valence electrons. The molecule has 0 saturated carbocycles. The van der Waals surface area contributed by atoms with Gasteiger partial charge in [0.1, 0.15) is 12.4 Å². The van der Waals surface area contributed by atoms with Gasteiger partial charge < -0.3 is 14.2 Å². The first kappa shape index (κ1) is 13.3. The molecule has 0 spiro atoms. The van der Waals surface area contributed by atoms with Gasteiger partial charge in [-0.05, 0) is 36.8 Å². The number of benzene rings is 2. The van der Waals surface area contributed by atoms with Crippen molar-refractivity contribution in [3.05, 3.63) is 53.6 Å². The van der Waals surface area contributed by atoms with Crippen LogP contribution in [0.4, 0.5) is 0 Å². The van der Waals surface area contributed by atoms with Crippen LogP contribution in [0.3, 0.4) is 0 Å². The Morgan fingerprint density at radius 2 is 1.53 bits per heavy atom. The Morgan fingerprint density at radius 1 is 0.842 bits per heavy atom. The lowest BCUT2D eigenvalue weighted by Crippen LogP contribution is -1.97. The van der Waals surface area contributed by atoms with Crippen molar-refractivity contribution in [1.29, 1.82) is 0 Å². The lowest BCUT2D eigenvalue weighted by Gasteiger charge is -2.10. The van der Waals surface area contributed by atoms with E-state index in [1.165, 1.54) is 5.56 Å². The molecule has 0 radical (unpaired) electrons. The van der Waals surface area contributed by atoms with Gasteiger partial charge >= 0.3 is 0 Å². The summed E-state index contributed by atoms with van der Waals surface area (Å²) in [6, 6.07) is 13.8. The van der Waals surface area contributed by atoms with Crippen molar-refractivity contribution in [3.8, 4) is 17.2 Å². The highest BCUT2D eigenvalue weighted by Gasteiger charge is 2.05. The Hall–Kier alpha value is -2.16. The summed E-state index contributed by atoms with van der Waals surface area (Å²) >= 11 is 0. The third-order valence-corrected chi connectivity index (χ3v) is 2.87. The number of aryl methyl sites for hydroxylation is 1. The number of rotatable bonds is 5. The first-order valence-corrected chi connectivity index (χ1v) is 6.13. The van der Waals surface area contributed by atoms with Crippen molar-refractivity contribution in [2.24, 2.45) is 0 Å². The Labute approximate surface area is 113 Å². The fourth-order valence-electron chi connectivity index (χ4n) is 1.77. The van der Waals surface area contributed by atoms with Crippen LogP contribution in [0.1, 0.15) is 11.1 Å². The van der Waals surface area contributed by atoms with E-state index < -0.39 is 0 Å². The number of hydrogen-bond acceptors (Lipinski definition) is 3. The third kappa shape index (κ3) is 3.41. The smallest absolute Gasteiger partial charge is 0.161 e. The quantitative estimate of drug-likeness (QED) is 0.820. The molecule has 0 heterocycles. The summed E-state index contributed by atoms with van der Waals surface area (Å²) in [5, 5.41) is 0. The Balaban J connectivity index is 2.05. The fourth-order valence-corrected chi connectivity index (χ4v) is 1.77. The summed E-state index contributed by atoms with van der Waals surface area (Å²) in [5.74, 6) is 2.30. The lowest BCUT2D eigenvalue weighted by atomic mass is 10.2. The van der Waals surface area contributed by atoms with Crippen molar-refractivity contribution in [2.75, 3.05) is 14.2 Å². The average Bonchev–Trinajstić information content (AvgIpc) is 2.46. The molecule has 2 rings (SSSR count). The molecular formula is C16H18O3. The van der Waals surface area contributed by atoms with E-state index in [0.717, 1.165) is 17.1 Å². The molecule has 2 aromatic carbocycles. The molecule has 0 amide bonds. The first-order chi connectivity index (χ1) is 9.22. The Bertz CT molecular complexity index is 532. The van der Waals surface area contributed by atoms with Gasteiger partial charge in [-0.3, -0.25) is 0 Å². The maximum atomic E-state index is 5.72. The predicted octanol–water partition coefficient (Wildman–Crippen LogP) is 3.59. The highest BCUT2D eigenvalue weighted by molar-refractivity contribution is 5.42. The Kier molecular flexibility index (Phi) is 4.29. The summed E-state index contributed by atoms with van der Waals surface area (Å²) in [4.78, 5) is 0. The van der Waals surface area contributed by atoms with Crippen molar-refractivity contribution in [2.45, 2.75) is 13.5 Å². The van der Waals surface area contributed by atoms with E-state index in [1.807, 2.05) is 42.5 Å². The van der Waals surface area contributed by atoms with Crippen LogP contribution < -0.4 is 14.2 Å². The van der Waals surface area contributed by atoms with Gasteiger partial charge in [-0.25, -0.2) is 0 Å². The minimum Gasteiger partial charge on any atom is -0.493 e. The Morgan fingerprint density at radius 3 is 2.16 bits per heavy atom. The van der Waals surface area contributed by atoms with Crippen LogP contribution in [0, 0.1) is 6.92 Å². The molecule has 0 N–H and O–H groups in total. The first-order valence-electron chi connectivity index (χ1n) is 6.13. The van der Waals surface area contributed by atoms with Crippen LogP contribution in [-0.2, 0) is 6.61 Å². The normalized spacial score (nSPS) is 10.1. The zero-order valence-corrected chi connectivity index (χ0v) is 11.5. The minimum atomic E-state index is 0.503. The topological polar surface area (TPSA) is 27.7 Å². The van der Waals surface area contributed by atoms with Crippen LogP contribution in [0.15, 0.2) is 42.5 Å². The van der Waals surface area contributed by atoms with Crippen molar-refractivity contribution in [3.63, 3.8) is 0 Å². The minimum absolute atomic E-state index is 0.503. The molecule has 0 aliphatic carbocycles. The fraction of sp³-hybridized carbons (Fsp3) is 0.250. The molecule has 0 aromatic heterocycles. The summed E-state index contributed by atoms with van der Waals surface area (Å²) < 4.78 is 16.2. The van der Waals surface area contributed by atoms with Gasteiger partial charge in [0.15, 0.2) is 11.5 Å². The van der Waals surface area contributed by atoms with Gasteiger partial charge in [0, 0.05) is 0 Å². The molecule has 3 nitrogen and oxygen atoms in total. The van der Waals surface area contributed by atoms with E-state index in [1.54, 1.807) is 14.2 Å². The summed E-state index contributed by atoms with van der Waals surface area (Å²) in [5.41, 5.74) is 2.26. The van der Waals surface area contributed by atoms with E-state index in [0.29, 0.717) is 12.4 Å². The monoisotopic (exact) mass is 258 g/mol. The van der Waals surface area contributed by atoms with Crippen molar-refractivity contribution in [1.82, 2.24) is 0 Å². The van der Waals surface area contributed by atoms with Gasteiger partial charge in [-0.2, -0.15) is 0 Å². The standard InChI is InChI=1S/C16H18O3/c1-12-4-7-14(8-5-12)19-11-13-6-9-15(17-2)16(10-13)18-3/h4-10H,11H2,1-3H3. The second-order valence-corrected chi connectivity index (χ2v) is 4.29. The number of hydrogen-bond donors (Lipinski definition) is 0. The second kappa shape index (κ2) is 6.14. The highest BCUT2D eigenvalue weighted by Crippen LogP contribution is 2.28. The molecule has 0 atom stereocenters. The molecule has 19 heavy (non-hydrogen) atoms. The molecule has 0 saturated heterocycles. The highest BCUT2D eigenvalue weighted by atomic mass is 16.5. The summed E-state index contributed by atoms with van der Waals surface area (Å²) in [6.07, 6.45) is 0. The van der Waals surface area contributed by atoms with Crippen LogP contribution in [0.25, 0.3) is 0 Å². The van der Waals surface area contributed by atoms with Crippen LogP contribution >= 0.6 is 0 Å². The number of ether oxygens (including phenoxy) is 3. The molecule has 0 fully saturated rings. The average molecular weight is 258 g/mol. The molecule has 0 aliphatic rings. The van der Waals surface area contributed by atoms with Gasteiger partial charge in [-0.15, -0.1) is 0 Å². The third-order valence-electron chi connectivity index (χ3n) is 2.87. The van der Waals surface area contributed by atoms with E-state index in [-0.39, 0.29) is 0 Å². The maximum absolute atomic E-state index is 5.72. The van der Waals surface area contributed by atoms with E-state index >= 15 is 0 Å². The SMILES string of the molecule is COc1ccc(COc2ccc(C)cc2)cc1OC. The summed E-state index contributed by atoms with van der Waals surface area (Å²) in [7, 11) is 3.25. The summed E-state index contributed by atoms with van der Waals surface area (Å²) in [6.45, 7) is 2.56. The van der Waals surface area contributed by atoms with Crippen LogP contribution in [-0.4, -0.2) is 14.2 Å². The predicted molar refractivity (Wildman–Crippen MR) is 75.1 cm³/mol. The van der Waals surface area contributed by atoms with Crippen molar-refractivity contribution < 1.29 is 14.2 Å². The molecule has 2 aromatic rings. The van der Waals surface area contributed by atoms with Gasteiger partial charge in [0.25, 0.3) is 0 Å². The molecule has 3 heteroatoms. The van der Waals surface area contributed by atoms with E-state index in [9.17, 15) is 0 Å². The van der Waals surface area contributed by atoms with Crippen LogP contribution in [0.5, 0.6) is 17.2 Å². The zero-order chi connectivity index (χ0) is 13.7. The van der Waals surface area contributed by atoms with E-state index in [2.05, 4.69) is 6.92 Å². The molecular weight excluding hydrogens is 240 g/mol. The zero-order valence-electron chi connectivity index (χ0n) is 11.5. The molecule has 0 aliphatic heterocycles. The lowest BCUT2D eigenvalue weighted by molar-refractivity contribution is 0.303. The number of methoxy groups -OCH3 is 2. The largest absolute Gasteiger partial charge is 0.493 e.